The highest BCUT2D eigenvalue weighted by molar-refractivity contribution is 7.89. The van der Waals surface area contributed by atoms with Crippen LogP contribution in [0.1, 0.15) is 11.4 Å². The number of nitrogens with one attached hydrogen (secondary N) is 2. The molecule has 8 nitrogen and oxygen atoms in total. The van der Waals surface area contributed by atoms with Gasteiger partial charge in [-0.3, -0.25) is 10.00 Å². The maximum atomic E-state index is 12.4. The second-order valence-electron chi connectivity index (χ2n) is 5.53. The number of hydrogen-bond acceptors (Lipinski definition) is 6. The quantitative estimate of drug-likeness (QED) is 0.626. The largest absolute Gasteiger partial charge is 0.390 e. The number of likely N-dealkylation sites (N-methyl/N-ethyl adjacent to an activating group) is 2. The lowest BCUT2D eigenvalue weighted by atomic mass is 10.2. The van der Waals surface area contributed by atoms with Crippen molar-refractivity contribution in [2.45, 2.75) is 24.5 Å². The van der Waals surface area contributed by atoms with Crippen molar-refractivity contribution in [3.05, 3.63) is 11.4 Å². The zero-order chi connectivity index (χ0) is 15.6. The molecule has 0 amide bonds. The van der Waals surface area contributed by atoms with Crippen molar-refractivity contribution in [3.8, 4) is 0 Å². The average molecular weight is 317 g/mol. The Hall–Kier alpha value is -1.00. The molecule has 120 valence electrons. The molecule has 1 aliphatic rings. The van der Waals surface area contributed by atoms with Crippen LogP contribution in [-0.4, -0.2) is 79.8 Å². The maximum Gasteiger partial charge on any atom is 0.244 e. The Morgan fingerprint density at radius 3 is 2.81 bits per heavy atom. The maximum absolute atomic E-state index is 12.4. The summed E-state index contributed by atoms with van der Waals surface area (Å²) in [5.41, 5.74) is 0.579. The van der Waals surface area contributed by atoms with Gasteiger partial charge >= 0.3 is 0 Å². The van der Waals surface area contributed by atoms with Gasteiger partial charge in [-0.25, -0.2) is 13.1 Å². The van der Waals surface area contributed by atoms with Gasteiger partial charge in [0.1, 0.15) is 10.6 Å². The summed E-state index contributed by atoms with van der Waals surface area (Å²) in [5.74, 6) is 0. The van der Waals surface area contributed by atoms with Crippen LogP contribution in [0.5, 0.6) is 0 Å². The molecular weight excluding hydrogens is 294 g/mol. The Bertz CT molecular complexity index is 586. The Kier molecular flexibility index (Phi) is 4.99. The first-order valence-corrected chi connectivity index (χ1v) is 8.36. The van der Waals surface area contributed by atoms with E-state index in [1.165, 1.54) is 0 Å². The van der Waals surface area contributed by atoms with Gasteiger partial charge in [-0.2, -0.15) is 5.10 Å². The molecule has 0 radical (unpaired) electrons. The lowest BCUT2D eigenvalue weighted by Crippen LogP contribution is -2.54. The number of sulfonamides is 1. The first kappa shape index (κ1) is 16.4. The molecule has 1 atom stereocenters. The summed E-state index contributed by atoms with van der Waals surface area (Å²) >= 11 is 0. The summed E-state index contributed by atoms with van der Waals surface area (Å²) < 4.78 is 27.5. The number of aromatic amines is 1. The van der Waals surface area contributed by atoms with Crippen LogP contribution in [0.4, 0.5) is 0 Å². The SMILES string of the molecule is Cc1[nH]nc(CO)c1S(=O)(=O)NCC1CN(C)CCN1C. The fraction of sp³-hybridized carbons (Fsp3) is 0.750. The van der Waals surface area contributed by atoms with Gasteiger partial charge in [-0.15, -0.1) is 0 Å². The zero-order valence-corrected chi connectivity index (χ0v) is 13.4. The van der Waals surface area contributed by atoms with Gasteiger partial charge < -0.3 is 10.0 Å². The van der Waals surface area contributed by atoms with Gasteiger partial charge in [-0.05, 0) is 21.0 Å². The second kappa shape index (κ2) is 6.41. The minimum Gasteiger partial charge on any atom is -0.390 e. The molecule has 0 bridgehead atoms. The highest BCUT2D eigenvalue weighted by Gasteiger charge is 2.27. The van der Waals surface area contributed by atoms with E-state index in [1.807, 2.05) is 14.1 Å². The van der Waals surface area contributed by atoms with Gasteiger partial charge in [0.2, 0.25) is 10.0 Å². The Balaban J connectivity index is 2.09. The Morgan fingerprint density at radius 2 is 2.14 bits per heavy atom. The minimum absolute atomic E-state index is 0.0526. The summed E-state index contributed by atoms with van der Waals surface area (Å²) in [7, 11) is 0.341. The van der Waals surface area contributed by atoms with Crippen molar-refractivity contribution in [1.82, 2.24) is 24.7 Å². The minimum atomic E-state index is -3.68. The first-order chi connectivity index (χ1) is 9.85. The van der Waals surface area contributed by atoms with Crippen molar-refractivity contribution < 1.29 is 13.5 Å². The van der Waals surface area contributed by atoms with Crippen molar-refractivity contribution in [2.24, 2.45) is 0 Å². The van der Waals surface area contributed by atoms with Crippen LogP contribution in [0.25, 0.3) is 0 Å². The predicted molar refractivity (Wildman–Crippen MR) is 78.4 cm³/mol. The zero-order valence-electron chi connectivity index (χ0n) is 12.6. The molecule has 1 unspecified atom stereocenters. The molecule has 0 aromatic carbocycles. The van der Waals surface area contributed by atoms with Gasteiger partial charge in [0, 0.05) is 32.2 Å². The van der Waals surface area contributed by atoms with Gasteiger partial charge in [0.25, 0.3) is 0 Å². The fourth-order valence-electron chi connectivity index (χ4n) is 2.53. The van der Waals surface area contributed by atoms with E-state index in [0.717, 1.165) is 19.6 Å². The number of aliphatic hydroxyl groups excluding tert-OH is 1. The molecule has 2 rings (SSSR count). The highest BCUT2D eigenvalue weighted by atomic mass is 32.2. The van der Waals surface area contributed by atoms with Crippen molar-refractivity contribution in [3.63, 3.8) is 0 Å². The second-order valence-corrected chi connectivity index (χ2v) is 7.23. The molecule has 3 N–H and O–H groups in total. The summed E-state index contributed by atoms with van der Waals surface area (Å²) in [6, 6.07) is 0.128. The van der Waals surface area contributed by atoms with E-state index in [0.29, 0.717) is 12.2 Å². The summed E-state index contributed by atoms with van der Waals surface area (Å²) in [6.07, 6.45) is 0. The number of aliphatic hydroxyl groups is 1. The van der Waals surface area contributed by atoms with E-state index >= 15 is 0 Å². The predicted octanol–water partition coefficient (Wildman–Crippen LogP) is -1.27. The molecule has 1 aliphatic heterocycles. The van der Waals surface area contributed by atoms with Crippen molar-refractivity contribution >= 4 is 10.0 Å². The van der Waals surface area contributed by atoms with Gasteiger partial charge in [-0.1, -0.05) is 0 Å². The number of rotatable bonds is 5. The van der Waals surface area contributed by atoms with E-state index in [-0.39, 0.29) is 16.6 Å². The van der Waals surface area contributed by atoms with Crippen LogP contribution in [0.3, 0.4) is 0 Å². The Morgan fingerprint density at radius 1 is 1.43 bits per heavy atom. The van der Waals surface area contributed by atoms with Gasteiger partial charge in [0.15, 0.2) is 0 Å². The molecule has 2 heterocycles. The number of nitrogens with zero attached hydrogens (tertiary/aromatic N) is 3. The van der Waals surface area contributed by atoms with Crippen molar-refractivity contribution in [1.29, 1.82) is 0 Å². The number of H-pyrrole nitrogens is 1. The van der Waals surface area contributed by atoms with E-state index < -0.39 is 16.6 Å². The Labute approximate surface area is 125 Å². The highest BCUT2D eigenvalue weighted by Crippen LogP contribution is 2.17. The molecule has 1 aromatic heterocycles. The first-order valence-electron chi connectivity index (χ1n) is 6.88. The molecular formula is C12H23N5O3S. The van der Waals surface area contributed by atoms with E-state index in [2.05, 4.69) is 24.7 Å². The van der Waals surface area contributed by atoms with Crippen LogP contribution in [0, 0.1) is 6.92 Å². The summed E-state index contributed by atoms with van der Waals surface area (Å²) in [6.45, 7) is 4.26. The molecule has 1 aromatic rings. The van der Waals surface area contributed by atoms with Crippen LogP contribution < -0.4 is 4.72 Å². The fourth-order valence-corrected chi connectivity index (χ4v) is 3.96. The van der Waals surface area contributed by atoms with Crippen LogP contribution in [0.15, 0.2) is 4.90 Å². The van der Waals surface area contributed by atoms with Crippen LogP contribution in [0.2, 0.25) is 0 Å². The molecule has 0 saturated carbocycles. The number of aryl methyl sites for hydroxylation is 1. The summed E-state index contributed by atoms with van der Waals surface area (Å²) in [5, 5.41) is 15.6. The third-order valence-corrected chi connectivity index (χ3v) is 5.49. The molecule has 1 saturated heterocycles. The third-order valence-electron chi connectivity index (χ3n) is 3.87. The molecule has 0 spiro atoms. The van der Waals surface area contributed by atoms with E-state index in [4.69, 9.17) is 0 Å². The van der Waals surface area contributed by atoms with Gasteiger partial charge in [0.05, 0.1) is 12.3 Å². The molecule has 21 heavy (non-hydrogen) atoms. The van der Waals surface area contributed by atoms with E-state index in [1.54, 1.807) is 6.92 Å². The number of hydrogen-bond donors (Lipinski definition) is 3. The van der Waals surface area contributed by atoms with E-state index in [9.17, 15) is 13.5 Å². The smallest absolute Gasteiger partial charge is 0.244 e. The molecule has 9 heteroatoms. The van der Waals surface area contributed by atoms with Crippen LogP contribution in [-0.2, 0) is 16.6 Å². The standard InChI is InChI=1S/C12H23N5O3S/c1-9-12(11(8-18)15-14-9)21(19,20)13-6-10-7-16(2)4-5-17(10)3/h10,13,18H,4-8H2,1-3H3,(H,14,15). The molecule has 0 aliphatic carbocycles. The number of aromatic nitrogens is 2. The lowest BCUT2D eigenvalue weighted by molar-refractivity contribution is 0.117. The van der Waals surface area contributed by atoms with Crippen molar-refractivity contribution in [2.75, 3.05) is 40.3 Å². The van der Waals surface area contributed by atoms with Crippen LogP contribution >= 0.6 is 0 Å². The normalized spacial score (nSPS) is 21.8. The molecule has 1 fully saturated rings. The topological polar surface area (TPSA) is 102 Å². The number of piperazine rings is 1. The summed E-state index contributed by atoms with van der Waals surface area (Å²) in [4.78, 5) is 4.38. The third kappa shape index (κ3) is 3.61. The monoisotopic (exact) mass is 317 g/mol. The average Bonchev–Trinajstić information content (AvgIpc) is 2.82. The lowest BCUT2D eigenvalue weighted by Gasteiger charge is -2.37.